The number of hydrogen-bond acceptors (Lipinski definition) is 4. The standard InChI is InChI=1S/C27H33FN2O5/c1-29(2)27(20-8-4-3-5-9-20)13-11-18(12-14-27)15-19-7-6-10-23(24(19)28)35-21-16-22(25(31)32)30(17-21)26(33)34/h3-10,18,21-22H,11-17H2,1-2H3,(H,31,32)(H,33,34)/t18?,21-,22-,27?/m0/s1. The lowest BCUT2D eigenvalue weighted by molar-refractivity contribution is -0.141. The molecule has 35 heavy (non-hydrogen) atoms. The molecule has 0 spiro atoms. The number of halogens is 1. The van der Waals surface area contributed by atoms with Gasteiger partial charge in [-0.05, 0) is 69.3 Å². The highest BCUT2D eigenvalue weighted by atomic mass is 19.1. The third-order valence-electron chi connectivity index (χ3n) is 7.74. The molecule has 1 saturated carbocycles. The van der Waals surface area contributed by atoms with E-state index in [1.54, 1.807) is 12.1 Å². The number of benzene rings is 2. The van der Waals surface area contributed by atoms with E-state index in [0.717, 1.165) is 30.6 Å². The molecule has 1 amide bonds. The van der Waals surface area contributed by atoms with E-state index >= 15 is 4.39 Å². The summed E-state index contributed by atoms with van der Waals surface area (Å²) in [6.45, 7) is -0.106. The molecule has 2 aromatic rings. The number of hydrogen-bond donors (Lipinski definition) is 2. The van der Waals surface area contributed by atoms with E-state index in [4.69, 9.17) is 4.74 Å². The topological polar surface area (TPSA) is 90.3 Å². The maximum atomic E-state index is 15.4. The van der Waals surface area contributed by atoms with Crippen LogP contribution in [0.2, 0.25) is 0 Å². The van der Waals surface area contributed by atoms with Gasteiger partial charge in [-0.25, -0.2) is 14.0 Å². The molecule has 4 rings (SSSR count). The number of rotatable bonds is 7. The van der Waals surface area contributed by atoms with Gasteiger partial charge in [0, 0.05) is 12.0 Å². The zero-order valence-corrected chi connectivity index (χ0v) is 20.2. The average Bonchev–Trinajstić information content (AvgIpc) is 3.27. The van der Waals surface area contributed by atoms with E-state index in [1.165, 1.54) is 11.6 Å². The van der Waals surface area contributed by atoms with Gasteiger partial charge in [-0.1, -0.05) is 42.5 Å². The van der Waals surface area contributed by atoms with Crippen molar-refractivity contribution in [2.24, 2.45) is 5.92 Å². The molecule has 1 aliphatic heterocycles. The van der Waals surface area contributed by atoms with Gasteiger partial charge in [0.15, 0.2) is 11.6 Å². The number of carboxylic acid groups (broad SMARTS) is 2. The Labute approximate surface area is 205 Å². The van der Waals surface area contributed by atoms with Crippen molar-refractivity contribution >= 4 is 12.1 Å². The predicted octanol–water partition coefficient (Wildman–Crippen LogP) is 4.60. The Morgan fingerprint density at radius 1 is 1.09 bits per heavy atom. The Kier molecular flexibility index (Phi) is 7.31. The number of carbonyl (C=O) groups is 2. The second-order valence-electron chi connectivity index (χ2n) is 9.93. The highest BCUT2D eigenvalue weighted by molar-refractivity contribution is 5.80. The maximum absolute atomic E-state index is 15.4. The lowest BCUT2D eigenvalue weighted by Gasteiger charge is -2.45. The zero-order chi connectivity index (χ0) is 25.2. The summed E-state index contributed by atoms with van der Waals surface area (Å²) in [4.78, 5) is 25.9. The van der Waals surface area contributed by atoms with Gasteiger partial charge in [0.25, 0.3) is 0 Å². The van der Waals surface area contributed by atoms with Crippen molar-refractivity contribution in [2.75, 3.05) is 20.6 Å². The molecule has 2 fully saturated rings. The van der Waals surface area contributed by atoms with Crippen molar-refractivity contribution in [1.29, 1.82) is 0 Å². The largest absolute Gasteiger partial charge is 0.485 e. The first-order valence-corrected chi connectivity index (χ1v) is 12.1. The number of amides is 1. The molecule has 0 unspecified atom stereocenters. The van der Waals surface area contributed by atoms with Crippen LogP contribution >= 0.6 is 0 Å². The van der Waals surface area contributed by atoms with E-state index in [1.807, 2.05) is 6.07 Å². The molecule has 2 atom stereocenters. The molecular weight excluding hydrogens is 451 g/mol. The van der Waals surface area contributed by atoms with Crippen LogP contribution in [-0.4, -0.2) is 64.9 Å². The second kappa shape index (κ2) is 10.2. The number of ether oxygens (including phenoxy) is 1. The van der Waals surface area contributed by atoms with Gasteiger partial charge < -0.3 is 14.9 Å². The van der Waals surface area contributed by atoms with E-state index < -0.39 is 30.0 Å². The molecule has 8 heteroatoms. The molecule has 0 radical (unpaired) electrons. The van der Waals surface area contributed by atoms with E-state index in [9.17, 15) is 19.8 Å². The molecule has 2 aromatic carbocycles. The molecule has 1 saturated heterocycles. The van der Waals surface area contributed by atoms with Crippen LogP contribution in [0, 0.1) is 11.7 Å². The maximum Gasteiger partial charge on any atom is 0.408 e. The smallest absolute Gasteiger partial charge is 0.408 e. The molecule has 0 bridgehead atoms. The normalized spacial score (nSPS) is 26.6. The van der Waals surface area contributed by atoms with Crippen molar-refractivity contribution in [2.45, 2.75) is 56.2 Å². The summed E-state index contributed by atoms with van der Waals surface area (Å²) < 4.78 is 21.1. The lowest BCUT2D eigenvalue weighted by atomic mass is 9.70. The summed E-state index contributed by atoms with van der Waals surface area (Å²) in [5.74, 6) is -1.27. The third-order valence-corrected chi connectivity index (χ3v) is 7.74. The Morgan fingerprint density at radius 3 is 2.34 bits per heavy atom. The molecule has 1 heterocycles. The fraction of sp³-hybridized carbons (Fsp3) is 0.481. The molecule has 2 N–H and O–H groups in total. The predicted molar refractivity (Wildman–Crippen MR) is 129 cm³/mol. The monoisotopic (exact) mass is 484 g/mol. The van der Waals surface area contributed by atoms with Crippen molar-refractivity contribution in [3.63, 3.8) is 0 Å². The van der Waals surface area contributed by atoms with Crippen LogP contribution < -0.4 is 4.74 Å². The summed E-state index contributed by atoms with van der Waals surface area (Å²) in [7, 11) is 4.24. The van der Waals surface area contributed by atoms with Gasteiger partial charge in [-0.3, -0.25) is 9.80 Å². The molecule has 0 aromatic heterocycles. The number of carboxylic acids is 1. The van der Waals surface area contributed by atoms with Crippen LogP contribution in [0.15, 0.2) is 48.5 Å². The van der Waals surface area contributed by atoms with Crippen molar-refractivity contribution in [1.82, 2.24) is 9.80 Å². The van der Waals surface area contributed by atoms with Gasteiger partial charge in [-0.15, -0.1) is 0 Å². The first-order chi connectivity index (χ1) is 16.7. The first-order valence-electron chi connectivity index (χ1n) is 12.1. The molecule has 7 nitrogen and oxygen atoms in total. The lowest BCUT2D eigenvalue weighted by Crippen LogP contribution is -2.44. The van der Waals surface area contributed by atoms with E-state index in [2.05, 4.69) is 43.3 Å². The van der Waals surface area contributed by atoms with E-state index in [0.29, 0.717) is 17.9 Å². The minimum atomic E-state index is -1.32. The highest BCUT2D eigenvalue weighted by Gasteiger charge is 2.42. The molecular formula is C27H33FN2O5. The van der Waals surface area contributed by atoms with Crippen molar-refractivity contribution in [3.8, 4) is 5.75 Å². The first kappa shape index (κ1) is 25.0. The minimum Gasteiger partial charge on any atom is -0.485 e. The van der Waals surface area contributed by atoms with Crippen molar-refractivity contribution < 1.29 is 28.9 Å². The number of aliphatic carboxylic acids is 1. The van der Waals surface area contributed by atoms with Gasteiger partial charge in [0.2, 0.25) is 0 Å². The Balaban J connectivity index is 1.42. The molecule has 1 aliphatic carbocycles. The fourth-order valence-electron chi connectivity index (χ4n) is 5.73. The summed E-state index contributed by atoms with van der Waals surface area (Å²) in [5.41, 5.74) is 1.88. The van der Waals surface area contributed by atoms with E-state index in [-0.39, 0.29) is 24.3 Å². The molecule has 188 valence electrons. The van der Waals surface area contributed by atoms with Crippen LogP contribution in [0.4, 0.5) is 9.18 Å². The van der Waals surface area contributed by atoms with Gasteiger partial charge in [-0.2, -0.15) is 0 Å². The minimum absolute atomic E-state index is 0.0135. The number of nitrogens with zero attached hydrogens (tertiary/aromatic N) is 2. The SMILES string of the molecule is CN(C)C1(c2ccccc2)CCC(Cc2cccc(O[C@H]3C[C@@H](C(=O)O)N(C(=O)O)C3)c2F)CC1. The summed E-state index contributed by atoms with van der Waals surface area (Å²) in [6.07, 6.45) is 2.51. The number of likely N-dealkylation sites (tertiary alicyclic amines) is 1. The van der Waals surface area contributed by atoms with Crippen LogP contribution in [0.25, 0.3) is 0 Å². The van der Waals surface area contributed by atoms with Crippen LogP contribution in [-0.2, 0) is 16.8 Å². The van der Waals surface area contributed by atoms with Gasteiger partial charge in [0.05, 0.1) is 6.54 Å². The Hall–Kier alpha value is -3.13. The van der Waals surface area contributed by atoms with Crippen LogP contribution in [0.1, 0.15) is 43.2 Å². The van der Waals surface area contributed by atoms with Crippen LogP contribution in [0.5, 0.6) is 5.75 Å². The quantitative estimate of drug-likeness (QED) is 0.597. The zero-order valence-electron chi connectivity index (χ0n) is 20.2. The second-order valence-corrected chi connectivity index (χ2v) is 9.93. The highest BCUT2D eigenvalue weighted by Crippen LogP contribution is 2.44. The van der Waals surface area contributed by atoms with Gasteiger partial charge >= 0.3 is 12.1 Å². The van der Waals surface area contributed by atoms with Gasteiger partial charge in [0.1, 0.15) is 12.1 Å². The third kappa shape index (κ3) is 5.12. The fourth-order valence-corrected chi connectivity index (χ4v) is 5.73. The van der Waals surface area contributed by atoms with Crippen LogP contribution in [0.3, 0.4) is 0 Å². The summed E-state index contributed by atoms with van der Waals surface area (Å²) >= 11 is 0. The Bertz CT molecular complexity index is 1030. The summed E-state index contributed by atoms with van der Waals surface area (Å²) in [6, 6.07) is 14.4. The Morgan fingerprint density at radius 2 is 1.77 bits per heavy atom. The molecule has 2 aliphatic rings. The average molecular weight is 485 g/mol. The van der Waals surface area contributed by atoms with Crippen molar-refractivity contribution in [3.05, 3.63) is 65.5 Å². The summed E-state index contributed by atoms with van der Waals surface area (Å²) in [5, 5.41) is 18.6.